The molecule has 16 heavy (non-hydrogen) atoms. The third-order valence-corrected chi connectivity index (χ3v) is 3.10. The molecule has 0 aliphatic carbocycles. The number of rotatable bonds is 7. The first-order valence-electron chi connectivity index (χ1n) is 5.69. The fraction of sp³-hybridized carbons (Fsp3) is 0.909. The van der Waals surface area contributed by atoms with Crippen molar-refractivity contribution in [2.45, 2.75) is 45.7 Å². The molecule has 0 heterocycles. The third-order valence-electron chi connectivity index (χ3n) is 2.29. The maximum Gasteiger partial charge on any atom is 0.237 e. The summed E-state index contributed by atoms with van der Waals surface area (Å²) in [6, 6.07) is -0.399. The van der Waals surface area contributed by atoms with Gasteiger partial charge >= 0.3 is 0 Å². The van der Waals surface area contributed by atoms with Gasteiger partial charge in [-0.3, -0.25) is 9.00 Å². The van der Waals surface area contributed by atoms with E-state index in [4.69, 9.17) is 5.73 Å². The van der Waals surface area contributed by atoms with Crippen molar-refractivity contribution in [1.29, 1.82) is 0 Å². The summed E-state index contributed by atoms with van der Waals surface area (Å²) >= 11 is 0. The molecule has 0 saturated heterocycles. The lowest BCUT2D eigenvalue weighted by molar-refractivity contribution is -0.123. The molecule has 2 unspecified atom stereocenters. The molecule has 0 aromatic carbocycles. The minimum Gasteiger partial charge on any atom is -0.352 e. The van der Waals surface area contributed by atoms with E-state index in [-0.39, 0.29) is 11.9 Å². The Morgan fingerprint density at radius 1 is 1.38 bits per heavy atom. The molecule has 0 spiro atoms. The molecule has 5 heteroatoms. The van der Waals surface area contributed by atoms with Crippen LogP contribution in [0, 0.1) is 5.92 Å². The molecule has 0 fully saturated rings. The second-order valence-corrected chi connectivity index (χ2v) is 6.27. The molecular formula is C11H24N2O2S. The van der Waals surface area contributed by atoms with Crippen LogP contribution in [0.2, 0.25) is 0 Å². The van der Waals surface area contributed by atoms with Crippen molar-refractivity contribution in [3.8, 4) is 0 Å². The topological polar surface area (TPSA) is 72.2 Å². The highest BCUT2D eigenvalue weighted by molar-refractivity contribution is 7.84. The van der Waals surface area contributed by atoms with Crippen LogP contribution < -0.4 is 11.1 Å². The zero-order valence-electron chi connectivity index (χ0n) is 10.7. The molecule has 1 amide bonds. The normalized spacial score (nSPS) is 16.9. The number of carbonyl (C=O) groups is 1. The molecule has 0 aliphatic heterocycles. The minimum absolute atomic E-state index is 0.0367. The van der Waals surface area contributed by atoms with Crippen molar-refractivity contribution in [2.24, 2.45) is 11.7 Å². The van der Waals surface area contributed by atoms with Crippen LogP contribution in [-0.4, -0.2) is 34.2 Å². The van der Waals surface area contributed by atoms with Crippen LogP contribution >= 0.6 is 0 Å². The maximum atomic E-state index is 11.6. The van der Waals surface area contributed by atoms with E-state index in [2.05, 4.69) is 5.32 Å². The van der Waals surface area contributed by atoms with Gasteiger partial charge in [-0.15, -0.1) is 0 Å². The number of nitrogens with two attached hydrogens (primary N) is 1. The first-order valence-corrected chi connectivity index (χ1v) is 7.41. The van der Waals surface area contributed by atoms with Crippen molar-refractivity contribution in [3.05, 3.63) is 0 Å². The van der Waals surface area contributed by atoms with Gasteiger partial charge in [-0.05, 0) is 25.7 Å². The van der Waals surface area contributed by atoms with Gasteiger partial charge in [0.25, 0.3) is 0 Å². The van der Waals surface area contributed by atoms with Crippen LogP contribution in [0.5, 0.6) is 0 Å². The summed E-state index contributed by atoms with van der Waals surface area (Å²) in [4.78, 5) is 11.6. The highest BCUT2D eigenvalue weighted by Gasteiger charge is 2.16. The van der Waals surface area contributed by atoms with E-state index in [0.29, 0.717) is 18.1 Å². The van der Waals surface area contributed by atoms with Gasteiger partial charge in [-0.1, -0.05) is 13.8 Å². The van der Waals surface area contributed by atoms with E-state index < -0.39 is 16.8 Å². The van der Waals surface area contributed by atoms with Gasteiger partial charge < -0.3 is 11.1 Å². The van der Waals surface area contributed by atoms with Gasteiger partial charge in [0.2, 0.25) is 5.91 Å². The molecule has 96 valence electrons. The van der Waals surface area contributed by atoms with Crippen LogP contribution in [0.4, 0.5) is 0 Å². The van der Waals surface area contributed by atoms with Gasteiger partial charge in [0.15, 0.2) is 0 Å². The van der Waals surface area contributed by atoms with Gasteiger partial charge in [0, 0.05) is 28.9 Å². The molecule has 0 bridgehead atoms. The van der Waals surface area contributed by atoms with E-state index in [1.54, 1.807) is 6.26 Å². The summed E-state index contributed by atoms with van der Waals surface area (Å²) < 4.78 is 10.9. The smallest absolute Gasteiger partial charge is 0.237 e. The maximum absolute atomic E-state index is 11.6. The van der Waals surface area contributed by atoms with E-state index in [1.807, 2.05) is 20.8 Å². The molecule has 0 aromatic rings. The molecule has 0 aliphatic rings. The molecule has 0 rings (SSSR count). The van der Waals surface area contributed by atoms with Gasteiger partial charge in [-0.2, -0.15) is 0 Å². The second kappa shape index (κ2) is 7.79. The lowest BCUT2D eigenvalue weighted by Gasteiger charge is -2.18. The van der Waals surface area contributed by atoms with Crippen molar-refractivity contribution in [3.63, 3.8) is 0 Å². The fourth-order valence-corrected chi connectivity index (χ4v) is 2.07. The Labute approximate surface area is 101 Å². The Hall–Kier alpha value is -0.420. The first-order chi connectivity index (χ1) is 7.32. The highest BCUT2D eigenvalue weighted by atomic mass is 32.2. The van der Waals surface area contributed by atoms with Crippen LogP contribution in [-0.2, 0) is 15.6 Å². The summed E-state index contributed by atoms with van der Waals surface area (Å²) in [5, 5.41) is 2.84. The molecule has 3 atom stereocenters. The van der Waals surface area contributed by atoms with E-state index in [9.17, 15) is 9.00 Å². The highest BCUT2D eigenvalue weighted by Crippen LogP contribution is 2.03. The zero-order valence-corrected chi connectivity index (χ0v) is 11.5. The van der Waals surface area contributed by atoms with Crippen molar-refractivity contribution in [2.75, 3.05) is 12.0 Å². The van der Waals surface area contributed by atoms with Crippen molar-refractivity contribution in [1.82, 2.24) is 5.32 Å². The number of carbonyl (C=O) groups excluding carboxylic acids is 1. The van der Waals surface area contributed by atoms with Crippen molar-refractivity contribution < 1.29 is 9.00 Å². The molecule has 4 nitrogen and oxygen atoms in total. The summed E-state index contributed by atoms with van der Waals surface area (Å²) in [5.74, 6) is 0.920. The van der Waals surface area contributed by atoms with E-state index in [0.717, 1.165) is 6.42 Å². The predicted molar refractivity (Wildman–Crippen MR) is 68.6 cm³/mol. The zero-order chi connectivity index (χ0) is 12.7. The monoisotopic (exact) mass is 248 g/mol. The molecule has 0 aromatic heterocycles. The average Bonchev–Trinajstić information content (AvgIpc) is 2.13. The minimum atomic E-state index is -0.803. The van der Waals surface area contributed by atoms with Crippen molar-refractivity contribution >= 4 is 16.7 Å². The number of amides is 1. The van der Waals surface area contributed by atoms with Crippen LogP contribution in [0.15, 0.2) is 0 Å². The molecule has 3 N–H and O–H groups in total. The molecule has 0 radical (unpaired) electrons. The SMILES string of the molecule is CC(C)C[C@H](N)C(=O)NC(C)CCS(C)=O. The number of nitrogens with one attached hydrogen (secondary N) is 1. The summed E-state index contributed by atoms with van der Waals surface area (Å²) in [7, 11) is -0.803. The first kappa shape index (κ1) is 15.6. The molecule has 0 saturated carbocycles. The summed E-state index contributed by atoms with van der Waals surface area (Å²) in [5.41, 5.74) is 5.75. The van der Waals surface area contributed by atoms with Crippen LogP contribution in [0.25, 0.3) is 0 Å². The average molecular weight is 248 g/mol. The number of hydrogen-bond acceptors (Lipinski definition) is 3. The Morgan fingerprint density at radius 3 is 2.38 bits per heavy atom. The molecular weight excluding hydrogens is 224 g/mol. The third kappa shape index (κ3) is 7.82. The Kier molecular flexibility index (Phi) is 7.58. The Bertz CT molecular complexity index is 244. The lowest BCUT2D eigenvalue weighted by Crippen LogP contribution is -2.45. The van der Waals surface area contributed by atoms with E-state index in [1.165, 1.54) is 0 Å². The van der Waals surface area contributed by atoms with E-state index >= 15 is 0 Å². The number of hydrogen-bond donors (Lipinski definition) is 2. The largest absolute Gasteiger partial charge is 0.352 e. The van der Waals surface area contributed by atoms with Gasteiger partial charge in [-0.25, -0.2) is 0 Å². The quantitative estimate of drug-likeness (QED) is 0.694. The fourth-order valence-electron chi connectivity index (χ4n) is 1.38. The second-order valence-electron chi connectivity index (χ2n) is 4.71. The Balaban J connectivity index is 3.89. The Morgan fingerprint density at radius 2 is 1.94 bits per heavy atom. The lowest BCUT2D eigenvalue weighted by atomic mass is 10.0. The summed E-state index contributed by atoms with van der Waals surface area (Å²) in [6.45, 7) is 5.99. The summed E-state index contributed by atoms with van der Waals surface area (Å²) in [6.07, 6.45) is 3.08. The van der Waals surface area contributed by atoms with Gasteiger partial charge in [0.05, 0.1) is 6.04 Å². The van der Waals surface area contributed by atoms with Gasteiger partial charge in [0.1, 0.15) is 0 Å². The predicted octanol–water partition coefficient (Wildman–Crippen LogP) is 0.633. The standard InChI is InChI=1S/C11H24N2O2S/c1-8(2)7-10(12)11(14)13-9(3)5-6-16(4)15/h8-10H,5-7,12H2,1-4H3,(H,13,14)/t9?,10-,16?/m0/s1. The van der Waals surface area contributed by atoms with Crippen LogP contribution in [0.1, 0.15) is 33.6 Å². The van der Waals surface area contributed by atoms with Crippen LogP contribution in [0.3, 0.4) is 0 Å².